The minimum atomic E-state index is -0.407. The highest BCUT2D eigenvalue weighted by molar-refractivity contribution is 8.26. The third kappa shape index (κ3) is 4.96. The van der Waals surface area contributed by atoms with E-state index >= 15 is 0 Å². The highest BCUT2D eigenvalue weighted by atomic mass is 32.2. The van der Waals surface area contributed by atoms with Gasteiger partial charge in [0.15, 0.2) is 0 Å². The fourth-order valence-corrected chi connectivity index (χ4v) is 5.53. The van der Waals surface area contributed by atoms with E-state index in [1.807, 2.05) is 0 Å². The van der Waals surface area contributed by atoms with Gasteiger partial charge in [-0.05, 0) is 24.6 Å². The van der Waals surface area contributed by atoms with Gasteiger partial charge < -0.3 is 14.8 Å². The number of ether oxygens (including phenoxy) is 2. The molecular formula is C26H27N3O5S2. The third-order valence-electron chi connectivity index (χ3n) is 5.97. The summed E-state index contributed by atoms with van der Waals surface area (Å²) in [7, 11) is 3.04. The van der Waals surface area contributed by atoms with Crippen LogP contribution in [0.4, 0.5) is 11.4 Å². The average Bonchev–Trinajstić information content (AvgIpc) is 3.31. The molecule has 3 amide bonds. The molecule has 0 spiro atoms. The molecule has 8 nitrogen and oxygen atoms in total. The van der Waals surface area contributed by atoms with E-state index < -0.39 is 11.8 Å². The van der Waals surface area contributed by atoms with E-state index in [1.54, 1.807) is 54.5 Å². The molecular weight excluding hydrogens is 498 g/mol. The predicted octanol–water partition coefficient (Wildman–Crippen LogP) is 4.45. The molecule has 0 saturated carbocycles. The fraction of sp³-hybridized carbons (Fsp3) is 0.308. The van der Waals surface area contributed by atoms with Crippen molar-refractivity contribution in [2.45, 2.75) is 26.2 Å². The minimum absolute atomic E-state index is 0.231. The minimum Gasteiger partial charge on any atom is -0.497 e. The molecule has 2 aliphatic heterocycles. The molecule has 2 heterocycles. The van der Waals surface area contributed by atoms with Crippen LogP contribution in [0.25, 0.3) is 5.57 Å². The van der Waals surface area contributed by atoms with Gasteiger partial charge in [0, 0.05) is 18.2 Å². The lowest BCUT2D eigenvalue weighted by Gasteiger charge is -2.18. The van der Waals surface area contributed by atoms with E-state index in [-0.39, 0.29) is 18.0 Å². The van der Waals surface area contributed by atoms with E-state index in [0.29, 0.717) is 44.2 Å². The number of benzene rings is 2. The second kappa shape index (κ2) is 11.1. The van der Waals surface area contributed by atoms with Crippen LogP contribution in [0.1, 0.15) is 31.7 Å². The normalized spacial score (nSPS) is 17.0. The van der Waals surface area contributed by atoms with Gasteiger partial charge >= 0.3 is 0 Å². The zero-order valence-electron chi connectivity index (χ0n) is 20.3. The van der Waals surface area contributed by atoms with Gasteiger partial charge in [0.2, 0.25) is 5.91 Å². The molecule has 36 heavy (non-hydrogen) atoms. The van der Waals surface area contributed by atoms with Crippen molar-refractivity contribution in [2.24, 2.45) is 0 Å². The van der Waals surface area contributed by atoms with Crippen LogP contribution in [0.2, 0.25) is 0 Å². The molecule has 0 radical (unpaired) electrons. The van der Waals surface area contributed by atoms with Crippen LogP contribution in [-0.4, -0.2) is 54.3 Å². The Morgan fingerprint density at radius 1 is 1.03 bits per heavy atom. The number of para-hydroxylation sites is 1. The van der Waals surface area contributed by atoms with Gasteiger partial charge in [0.25, 0.3) is 11.8 Å². The number of fused-ring (bicyclic) bond motifs is 1. The average molecular weight is 526 g/mol. The number of nitrogens with zero attached hydrogens (tertiary/aromatic N) is 2. The van der Waals surface area contributed by atoms with E-state index in [0.717, 1.165) is 31.0 Å². The molecule has 0 aliphatic carbocycles. The summed E-state index contributed by atoms with van der Waals surface area (Å²) in [5.74, 6) is -0.0425. The van der Waals surface area contributed by atoms with E-state index in [9.17, 15) is 14.4 Å². The number of thiocarbonyl (C=S) groups is 1. The Kier molecular flexibility index (Phi) is 7.95. The Bertz CT molecular complexity index is 1260. The van der Waals surface area contributed by atoms with Crippen LogP contribution in [0.15, 0.2) is 47.4 Å². The quantitative estimate of drug-likeness (QED) is 0.294. The summed E-state index contributed by atoms with van der Waals surface area (Å²) in [5.41, 5.74) is 1.93. The van der Waals surface area contributed by atoms with Gasteiger partial charge in [-0.15, -0.1) is 0 Å². The molecule has 1 N–H and O–H groups in total. The van der Waals surface area contributed by atoms with Gasteiger partial charge in [-0.25, -0.2) is 0 Å². The maximum atomic E-state index is 13.6. The van der Waals surface area contributed by atoms with Crippen molar-refractivity contribution < 1.29 is 23.9 Å². The van der Waals surface area contributed by atoms with Gasteiger partial charge in [0.1, 0.15) is 22.4 Å². The summed E-state index contributed by atoms with van der Waals surface area (Å²) in [4.78, 5) is 43.1. The molecule has 4 rings (SSSR count). The van der Waals surface area contributed by atoms with Crippen molar-refractivity contribution >= 4 is 63.0 Å². The third-order valence-corrected chi connectivity index (χ3v) is 7.42. The van der Waals surface area contributed by atoms with E-state index in [2.05, 4.69) is 12.2 Å². The lowest BCUT2D eigenvalue weighted by Crippen LogP contribution is -2.35. The van der Waals surface area contributed by atoms with Crippen molar-refractivity contribution in [2.75, 3.05) is 37.5 Å². The number of unbranched alkanes of at least 4 members (excludes halogenated alkanes) is 2. The number of carbonyl (C=O) groups excluding carboxylic acids is 3. The number of carbonyl (C=O) groups is 3. The van der Waals surface area contributed by atoms with E-state index in [4.69, 9.17) is 21.7 Å². The molecule has 188 valence electrons. The zero-order chi connectivity index (χ0) is 25.8. The van der Waals surface area contributed by atoms with Gasteiger partial charge in [0.05, 0.1) is 36.1 Å². The predicted molar refractivity (Wildman–Crippen MR) is 145 cm³/mol. The molecule has 0 aromatic heterocycles. The first kappa shape index (κ1) is 25.7. The highest BCUT2D eigenvalue weighted by Gasteiger charge is 2.42. The SMILES string of the molecule is CCCCCN1C(=O)C(=C2C(=O)N(CC(=O)Nc3ccc(OC)cc3OC)c3ccccc32)SC1=S. The molecule has 10 heteroatoms. The largest absolute Gasteiger partial charge is 0.497 e. The van der Waals surface area contributed by atoms with Gasteiger partial charge in [-0.3, -0.25) is 24.2 Å². The van der Waals surface area contributed by atoms with Crippen molar-refractivity contribution in [3.63, 3.8) is 0 Å². The number of hydrogen-bond donors (Lipinski definition) is 1. The number of thioether (sulfide) groups is 1. The first-order chi connectivity index (χ1) is 17.4. The molecule has 1 saturated heterocycles. The number of nitrogens with one attached hydrogen (secondary N) is 1. The summed E-state index contributed by atoms with van der Waals surface area (Å²) in [6.07, 6.45) is 2.87. The monoisotopic (exact) mass is 525 g/mol. The molecule has 1 fully saturated rings. The summed E-state index contributed by atoms with van der Waals surface area (Å²) in [6.45, 7) is 2.39. The van der Waals surface area contributed by atoms with Crippen molar-refractivity contribution in [3.8, 4) is 11.5 Å². The second-order valence-corrected chi connectivity index (χ2v) is 9.90. The Labute approximate surface area is 219 Å². The van der Waals surface area contributed by atoms with Gasteiger partial charge in [-0.1, -0.05) is 61.9 Å². The zero-order valence-corrected chi connectivity index (χ0v) is 22.0. The lowest BCUT2D eigenvalue weighted by molar-refractivity contribution is -0.122. The van der Waals surface area contributed by atoms with Crippen LogP contribution in [-0.2, 0) is 14.4 Å². The summed E-state index contributed by atoms with van der Waals surface area (Å²) >= 11 is 6.60. The summed E-state index contributed by atoms with van der Waals surface area (Å²) in [6, 6.07) is 12.2. The standard InChI is InChI=1S/C26H27N3O5S2/c1-4-5-8-13-28-25(32)23(36-26(28)35)22-17-9-6-7-10-19(17)29(24(22)31)15-21(30)27-18-12-11-16(33-2)14-20(18)34-3/h6-7,9-12,14H,4-5,8,13,15H2,1-3H3,(H,27,30). The maximum Gasteiger partial charge on any atom is 0.267 e. The Balaban J connectivity index is 1.59. The molecule has 2 aromatic carbocycles. The fourth-order valence-electron chi connectivity index (χ4n) is 4.15. The Morgan fingerprint density at radius 3 is 2.53 bits per heavy atom. The second-order valence-electron chi connectivity index (χ2n) is 8.26. The maximum absolute atomic E-state index is 13.6. The van der Waals surface area contributed by atoms with Crippen molar-refractivity contribution in [3.05, 3.63) is 52.9 Å². The number of anilines is 2. The van der Waals surface area contributed by atoms with Crippen LogP contribution in [0.3, 0.4) is 0 Å². The molecule has 0 atom stereocenters. The van der Waals surface area contributed by atoms with Crippen LogP contribution >= 0.6 is 24.0 Å². The number of rotatable bonds is 9. The molecule has 0 unspecified atom stereocenters. The Morgan fingerprint density at radius 2 is 1.81 bits per heavy atom. The number of amides is 3. The molecule has 0 bridgehead atoms. The van der Waals surface area contributed by atoms with E-state index in [1.165, 1.54) is 12.0 Å². The summed E-state index contributed by atoms with van der Waals surface area (Å²) < 4.78 is 11.0. The smallest absolute Gasteiger partial charge is 0.267 e. The van der Waals surface area contributed by atoms with Crippen molar-refractivity contribution in [1.82, 2.24) is 4.90 Å². The van der Waals surface area contributed by atoms with Crippen LogP contribution < -0.4 is 19.7 Å². The lowest BCUT2D eigenvalue weighted by atomic mass is 10.1. The van der Waals surface area contributed by atoms with Crippen LogP contribution in [0, 0.1) is 0 Å². The molecule has 2 aliphatic rings. The Hall–Kier alpha value is -3.37. The van der Waals surface area contributed by atoms with Crippen LogP contribution in [0.5, 0.6) is 11.5 Å². The highest BCUT2D eigenvalue weighted by Crippen LogP contribution is 2.44. The topological polar surface area (TPSA) is 88.2 Å². The molecule has 2 aromatic rings. The first-order valence-corrected chi connectivity index (χ1v) is 12.8. The summed E-state index contributed by atoms with van der Waals surface area (Å²) in [5, 5.41) is 2.80. The number of methoxy groups -OCH3 is 2. The number of hydrogen-bond acceptors (Lipinski definition) is 7. The van der Waals surface area contributed by atoms with Gasteiger partial charge in [-0.2, -0.15) is 0 Å². The first-order valence-electron chi connectivity index (χ1n) is 11.6. The van der Waals surface area contributed by atoms with Crippen molar-refractivity contribution in [1.29, 1.82) is 0 Å².